The number of piperazine rings is 1. The second-order valence-electron chi connectivity index (χ2n) is 4.45. The zero-order chi connectivity index (χ0) is 13.8. The van der Waals surface area contributed by atoms with Crippen molar-refractivity contribution in [1.29, 1.82) is 0 Å². The summed E-state index contributed by atoms with van der Waals surface area (Å²) < 4.78 is 24.4. The average Bonchev–Trinajstić information content (AvgIpc) is 2.39. The first-order valence-electron chi connectivity index (χ1n) is 6.14. The maximum absolute atomic E-state index is 12.3. The van der Waals surface area contributed by atoms with Crippen LogP contribution in [-0.4, -0.2) is 42.2 Å². The van der Waals surface area contributed by atoms with Gasteiger partial charge in [0.1, 0.15) is 0 Å². The monoisotopic (exact) mass is 286 g/mol. The third kappa shape index (κ3) is 3.67. The number of amides is 1. The molecule has 0 aromatic heterocycles. The van der Waals surface area contributed by atoms with Crippen LogP contribution in [0.2, 0.25) is 0 Å². The molecule has 1 aliphatic rings. The lowest BCUT2D eigenvalue weighted by Crippen LogP contribution is -2.52. The van der Waals surface area contributed by atoms with E-state index in [-0.39, 0.29) is 11.9 Å². The van der Waals surface area contributed by atoms with Crippen LogP contribution in [0.1, 0.15) is 17.3 Å². The molecule has 1 saturated heterocycles. The Kier molecular flexibility index (Phi) is 4.76. The van der Waals surface area contributed by atoms with E-state index in [4.69, 9.17) is 0 Å². The number of rotatable bonds is 3. The van der Waals surface area contributed by atoms with Gasteiger partial charge in [-0.2, -0.15) is 8.78 Å². The standard InChI is InChI=1S/C13H16F2N2OS/c1-9-8-16-6-7-17(9)12(18)10-2-4-11(5-3-10)19-13(14)15/h2-5,9,13,16H,6-8H2,1H3/t9-/m1/s1. The summed E-state index contributed by atoms with van der Waals surface area (Å²) in [7, 11) is 0. The van der Waals surface area contributed by atoms with Gasteiger partial charge in [0.05, 0.1) is 0 Å². The molecule has 3 nitrogen and oxygen atoms in total. The average molecular weight is 286 g/mol. The minimum atomic E-state index is -2.44. The van der Waals surface area contributed by atoms with E-state index in [1.54, 1.807) is 24.3 Å². The van der Waals surface area contributed by atoms with Gasteiger partial charge >= 0.3 is 0 Å². The summed E-state index contributed by atoms with van der Waals surface area (Å²) in [5, 5.41) is 3.22. The number of thioether (sulfide) groups is 1. The summed E-state index contributed by atoms with van der Waals surface area (Å²) in [6.45, 7) is 4.24. The summed E-state index contributed by atoms with van der Waals surface area (Å²) in [6.07, 6.45) is 0. The Labute approximate surface area is 115 Å². The van der Waals surface area contributed by atoms with Gasteiger partial charge in [-0.3, -0.25) is 4.79 Å². The first-order chi connectivity index (χ1) is 9.08. The van der Waals surface area contributed by atoms with Gasteiger partial charge in [0.2, 0.25) is 0 Å². The lowest BCUT2D eigenvalue weighted by atomic mass is 10.1. The van der Waals surface area contributed by atoms with Crippen molar-refractivity contribution in [3.63, 3.8) is 0 Å². The van der Waals surface area contributed by atoms with Gasteiger partial charge in [-0.15, -0.1) is 0 Å². The Morgan fingerprint density at radius 2 is 2.11 bits per heavy atom. The van der Waals surface area contributed by atoms with Crippen molar-refractivity contribution >= 4 is 17.7 Å². The molecule has 1 N–H and O–H groups in total. The normalized spacial score (nSPS) is 19.8. The Balaban J connectivity index is 2.06. The molecule has 1 atom stereocenters. The van der Waals surface area contributed by atoms with Crippen LogP contribution in [-0.2, 0) is 0 Å². The SMILES string of the molecule is C[C@@H]1CNCCN1C(=O)c1ccc(SC(F)F)cc1. The molecule has 104 valence electrons. The lowest BCUT2D eigenvalue weighted by Gasteiger charge is -2.34. The number of carbonyl (C=O) groups excluding carboxylic acids is 1. The third-order valence-electron chi connectivity index (χ3n) is 3.09. The van der Waals surface area contributed by atoms with E-state index in [1.807, 2.05) is 11.8 Å². The first kappa shape index (κ1) is 14.3. The van der Waals surface area contributed by atoms with Crippen molar-refractivity contribution in [1.82, 2.24) is 10.2 Å². The Hall–Kier alpha value is -1.14. The van der Waals surface area contributed by atoms with Crippen molar-refractivity contribution in [3.05, 3.63) is 29.8 Å². The number of nitrogens with one attached hydrogen (secondary N) is 1. The number of hydrogen-bond donors (Lipinski definition) is 1. The number of halogens is 2. The van der Waals surface area contributed by atoms with Crippen LogP contribution in [0.25, 0.3) is 0 Å². The Morgan fingerprint density at radius 3 is 2.68 bits per heavy atom. The predicted molar refractivity (Wildman–Crippen MR) is 71.7 cm³/mol. The highest BCUT2D eigenvalue weighted by atomic mass is 32.2. The van der Waals surface area contributed by atoms with Crippen molar-refractivity contribution < 1.29 is 13.6 Å². The van der Waals surface area contributed by atoms with Gasteiger partial charge in [0, 0.05) is 36.1 Å². The fourth-order valence-electron chi connectivity index (χ4n) is 2.09. The molecule has 0 spiro atoms. The molecule has 19 heavy (non-hydrogen) atoms. The van der Waals surface area contributed by atoms with Crippen LogP contribution in [0.15, 0.2) is 29.2 Å². The van der Waals surface area contributed by atoms with Gasteiger partial charge in [-0.1, -0.05) is 11.8 Å². The van der Waals surface area contributed by atoms with Crippen LogP contribution < -0.4 is 5.32 Å². The highest BCUT2D eigenvalue weighted by molar-refractivity contribution is 7.99. The van der Waals surface area contributed by atoms with E-state index in [2.05, 4.69) is 5.32 Å². The lowest BCUT2D eigenvalue weighted by molar-refractivity contribution is 0.0655. The minimum absolute atomic E-state index is 0.0393. The molecule has 6 heteroatoms. The molecular weight excluding hydrogens is 270 g/mol. The molecule has 1 aromatic carbocycles. The van der Waals surface area contributed by atoms with Gasteiger partial charge in [0.15, 0.2) is 0 Å². The molecule has 2 rings (SSSR count). The van der Waals surface area contributed by atoms with E-state index in [0.29, 0.717) is 28.8 Å². The van der Waals surface area contributed by atoms with Crippen LogP contribution >= 0.6 is 11.8 Å². The maximum Gasteiger partial charge on any atom is 0.288 e. The van der Waals surface area contributed by atoms with Gasteiger partial charge in [0.25, 0.3) is 11.7 Å². The molecule has 1 aromatic rings. The van der Waals surface area contributed by atoms with Crippen LogP contribution in [0.5, 0.6) is 0 Å². The zero-order valence-electron chi connectivity index (χ0n) is 10.6. The van der Waals surface area contributed by atoms with Crippen molar-refractivity contribution in [2.24, 2.45) is 0 Å². The molecule has 0 aliphatic carbocycles. The molecule has 0 bridgehead atoms. The fourth-order valence-corrected chi connectivity index (χ4v) is 2.59. The Bertz CT molecular complexity index is 439. The number of nitrogens with zero attached hydrogens (tertiary/aromatic N) is 1. The van der Waals surface area contributed by atoms with Gasteiger partial charge in [-0.05, 0) is 31.2 Å². The quantitative estimate of drug-likeness (QED) is 0.866. The van der Waals surface area contributed by atoms with Crippen molar-refractivity contribution in [3.8, 4) is 0 Å². The predicted octanol–water partition coefficient (Wildman–Crippen LogP) is 2.44. The van der Waals surface area contributed by atoms with E-state index in [0.717, 1.165) is 13.1 Å². The number of benzene rings is 1. The summed E-state index contributed by atoms with van der Waals surface area (Å²) in [4.78, 5) is 14.6. The molecule has 1 amide bonds. The highest BCUT2D eigenvalue weighted by Gasteiger charge is 2.23. The largest absolute Gasteiger partial charge is 0.333 e. The fraction of sp³-hybridized carbons (Fsp3) is 0.462. The topological polar surface area (TPSA) is 32.3 Å². The molecular formula is C13H16F2N2OS. The van der Waals surface area contributed by atoms with Crippen LogP contribution in [0, 0.1) is 0 Å². The van der Waals surface area contributed by atoms with E-state index in [9.17, 15) is 13.6 Å². The Morgan fingerprint density at radius 1 is 1.42 bits per heavy atom. The van der Waals surface area contributed by atoms with Crippen molar-refractivity contribution in [2.75, 3.05) is 19.6 Å². The number of alkyl halides is 2. The molecule has 1 fully saturated rings. The van der Waals surface area contributed by atoms with Crippen LogP contribution in [0.3, 0.4) is 0 Å². The second-order valence-corrected chi connectivity index (χ2v) is 5.52. The third-order valence-corrected chi connectivity index (χ3v) is 3.81. The van der Waals surface area contributed by atoms with Gasteiger partial charge < -0.3 is 10.2 Å². The smallest absolute Gasteiger partial charge is 0.288 e. The second kappa shape index (κ2) is 6.34. The van der Waals surface area contributed by atoms with Crippen molar-refractivity contribution in [2.45, 2.75) is 23.6 Å². The highest BCUT2D eigenvalue weighted by Crippen LogP contribution is 2.25. The summed E-state index contributed by atoms with van der Waals surface area (Å²) >= 11 is 0.487. The van der Waals surface area contributed by atoms with Crippen LogP contribution in [0.4, 0.5) is 8.78 Å². The molecule has 1 aliphatic heterocycles. The molecule has 0 unspecified atom stereocenters. The zero-order valence-corrected chi connectivity index (χ0v) is 11.4. The van der Waals surface area contributed by atoms with Gasteiger partial charge in [-0.25, -0.2) is 0 Å². The first-order valence-corrected chi connectivity index (χ1v) is 7.02. The summed E-state index contributed by atoms with van der Waals surface area (Å²) in [6, 6.07) is 6.51. The number of hydrogen-bond acceptors (Lipinski definition) is 3. The van der Waals surface area contributed by atoms with E-state index >= 15 is 0 Å². The maximum atomic E-state index is 12.3. The minimum Gasteiger partial charge on any atom is -0.333 e. The molecule has 0 radical (unpaired) electrons. The summed E-state index contributed by atoms with van der Waals surface area (Å²) in [5.74, 6) is -2.47. The van der Waals surface area contributed by atoms with E-state index in [1.165, 1.54) is 0 Å². The van der Waals surface area contributed by atoms with E-state index < -0.39 is 5.76 Å². The molecule has 1 heterocycles. The molecule has 0 saturated carbocycles. The number of carbonyl (C=O) groups is 1. The summed E-state index contributed by atoms with van der Waals surface area (Å²) in [5.41, 5.74) is 0.548.